The van der Waals surface area contributed by atoms with Crippen LogP contribution in [0.4, 0.5) is 20.6 Å². The number of hydrogen-bond donors (Lipinski definition) is 2. The van der Waals surface area contributed by atoms with Crippen LogP contribution in [-0.2, 0) is 16.0 Å². The highest BCUT2D eigenvalue weighted by atomic mass is 79.9. The molecule has 2 amide bonds. The smallest absolute Gasteiger partial charge is 0.371 e. The van der Waals surface area contributed by atoms with Crippen molar-refractivity contribution in [1.29, 1.82) is 0 Å². The number of para-hydroxylation sites is 1. The summed E-state index contributed by atoms with van der Waals surface area (Å²) in [6.45, 7) is 0.725. The molecule has 1 fully saturated rings. The lowest BCUT2D eigenvalue weighted by atomic mass is 10.1. The zero-order valence-electron chi connectivity index (χ0n) is 22.0. The number of amides is 2. The molecule has 1 atom stereocenters. The Hall–Kier alpha value is -3.96. The molecule has 1 saturated heterocycles. The Kier molecular flexibility index (Phi) is 9.38. The summed E-state index contributed by atoms with van der Waals surface area (Å²) in [6, 6.07) is 17.2. The van der Waals surface area contributed by atoms with Crippen molar-refractivity contribution in [2.75, 3.05) is 37.9 Å². The van der Waals surface area contributed by atoms with Crippen molar-refractivity contribution in [3.63, 3.8) is 0 Å². The largest absolute Gasteiger partial charge is 0.495 e. The summed E-state index contributed by atoms with van der Waals surface area (Å²) < 4.78 is 32.9. The van der Waals surface area contributed by atoms with Crippen LogP contribution in [0.3, 0.4) is 0 Å². The number of nitrogens with one attached hydrogen (secondary N) is 2. The molecule has 210 valence electrons. The molecule has 9 nitrogen and oxygen atoms in total. The van der Waals surface area contributed by atoms with Gasteiger partial charge in [-0.25, -0.2) is 14.5 Å². The Labute approximate surface area is 239 Å². The number of carbonyl (C=O) groups is 3. The molecule has 0 saturated carbocycles. The molecule has 4 rings (SSSR count). The summed E-state index contributed by atoms with van der Waals surface area (Å²) in [5, 5.41) is 5.46. The molecule has 3 aromatic rings. The Balaban J connectivity index is 1.49. The van der Waals surface area contributed by atoms with Gasteiger partial charge < -0.3 is 24.8 Å². The monoisotopic (exact) mass is 613 g/mol. The SMILES string of the molecule is COC(=O)c1ccc(OC(F)(C(=O)Cc2ccc(NC(=O)Nc3ccccc3Br)c(OC)c2)N2CCCC2)cc1. The Morgan fingerprint density at radius 1 is 0.950 bits per heavy atom. The first-order chi connectivity index (χ1) is 19.2. The number of urea groups is 1. The van der Waals surface area contributed by atoms with Gasteiger partial charge in [0.05, 0.1) is 31.2 Å². The third-order valence-corrected chi connectivity index (χ3v) is 7.08. The van der Waals surface area contributed by atoms with Gasteiger partial charge in [-0.15, -0.1) is 0 Å². The van der Waals surface area contributed by atoms with Crippen LogP contribution < -0.4 is 20.1 Å². The van der Waals surface area contributed by atoms with Crippen LogP contribution in [0.1, 0.15) is 28.8 Å². The Morgan fingerprint density at radius 3 is 2.27 bits per heavy atom. The van der Waals surface area contributed by atoms with E-state index in [0.717, 1.165) is 17.3 Å². The minimum absolute atomic E-state index is 0.101. The number of benzene rings is 3. The zero-order chi connectivity index (χ0) is 28.7. The lowest BCUT2D eigenvalue weighted by molar-refractivity contribution is -0.191. The first-order valence-electron chi connectivity index (χ1n) is 12.6. The number of alkyl halides is 1. The summed E-state index contributed by atoms with van der Waals surface area (Å²) in [5.41, 5.74) is 1.71. The normalized spacial score (nSPS) is 14.6. The highest BCUT2D eigenvalue weighted by molar-refractivity contribution is 9.10. The van der Waals surface area contributed by atoms with Gasteiger partial charge in [0.25, 0.3) is 0 Å². The minimum Gasteiger partial charge on any atom is -0.495 e. The van der Waals surface area contributed by atoms with Crippen molar-refractivity contribution in [3.8, 4) is 11.5 Å². The fourth-order valence-electron chi connectivity index (χ4n) is 4.32. The van der Waals surface area contributed by atoms with Crippen molar-refractivity contribution < 1.29 is 33.0 Å². The number of hydrogen-bond acceptors (Lipinski definition) is 7. The highest BCUT2D eigenvalue weighted by Crippen LogP contribution is 2.32. The van der Waals surface area contributed by atoms with Gasteiger partial charge in [-0.3, -0.25) is 4.79 Å². The summed E-state index contributed by atoms with van der Waals surface area (Å²) in [7, 11) is 2.70. The topological polar surface area (TPSA) is 106 Å². The second-order valence-corrected chi connectivity index (χ2v) is 9.92. The number of rotatable bonds is 10. The second-order valence-electron chi connectivity index (χ2n) is 9.07. The maximum Gasteiger partial charge on any atom is 0.371 e. The van der Waals surface area contributed by atoms with Gasteiger partial charge in [0.15, 0.2) is 0 Å². The zero-order valence-corrected chi connectivity index (χ0v) is 23.6. The molecule has 0 aliphatic carbocycles. The molecule has 3 aromatic carbocycles. The van der Waals surface area contributed by atoms with E-state index in [1.807, 2.05) is 6.07 Å². The quantitative estimate of drug-likeness (QED) is 0.220. The summed E-state index contributed by atoms with van der Waals surface area (Å²) in [6.07, 6.45) is 1.19. The number of anilines is 2. The highest BCUT2D eigenvalue weighted by Gasteiger charge is 2.48. The first-order valence-corrected chi connectivity index (χ1v) is 13.4. The Morgan fingerprint density at radius 2 is 1.62 bits per heavy atom. The summed E-state index contributed by atoms with van der Waals surface area (Å²) >= 11 is 3.38. The maximum absolute atomic E-state index is 16.4. The lowest BCUT2D eigenvalue weighted by Crippen LogP contribution is -2.55. The maximum atomic E-state index is 16.4. The molecular formula is C29H29BrFN3O6. The first kappa shape index (κ1) is 29.0. The number of methoxy groups -OCH3 is 2. The molecule has 2 N–H and O–H groups in total. The third-order valence-electron chi connectivity index (χ3n) is 6.39. The number of Topliss-reactive ketones (excluding diaryl/α,β-unsaturated/α-hetero) is 1. The van der Waals surface area contributed by atoms with E-state index in [-0.39, 0.29) is 17.7 Å². The molecule has 40 heavy (non-hydrogen) atoms. The van der Waals surface area contributed by atoms with E-state index in [0.29, 0.717) is 35.8 Å². The molecule has 11 heteroatoms. The summed E-state index contributed by atoms with van der Waals surface area (Å²) in [4.78, 5) is 39.0. The molecular weight excluding hydrogens is 585 g/mol. The van der Waals surface area contributed by atoms with E-state index in [4.69, 9.17) is 9.47 Å². The van der Waals surface area contributed by atoms with Crippen molar-refractivity contribution >= 4 is 45.1 Å². The minimum atomic E-state index is -2.71. The second kappa shape index (κ2) is 12.9. The molecule has 0 spiro atoms. The number of halogens is 2. The predicted octanol–water partition coefficient (Wildman–Crippen LogP) is 5.80. The van der Waals surface area contributed by atoms with Crippen molar-refractivity contribution in [2.24, 2.45) is 0 Å². The third kappa shape index (κ3) is 6.78. The van der Waals surface area contributed by atoms with Crippen LogP contribution in [-0.4, -0.2) is 56.0 Å². The van der Waals surface area contributed by atoms with E-state index < -0.39 is 23.8 Å². The van der Waals surface area contributed by atoms with E-state index in [9.17, 15) is 14.4 Å². The number of ether oxygens (including phenoxy) is 3. The van der Waals surface area contributed by atoms with E-state index >= 15 is 4.39 Å². The number of likely N-dealkylation sites (tertiary alicyclic amines) is 1. The standard InChI is InChI=1S/C29H29BrFN3O6/c1-38-25-17-19(9-14-24(25)33-28(37)32-23-8-4-3-7-22(23)30)18-26(35)29(31,34-15-5-6-16-34)40-21-12-10-20(11-13-21)27(36)39-2/h3-4,7-14,17H,5-6,15-16,18H2,1-2H3,(H2,32,33,37). The number of ketones is 1. The van der Waals surface area contributed by atoms with Gasteiger partial charge in [0.2, 0.25) is 5.78 Å². The van der Waals surface area contributed by atoms with E-state index in [1.165, 1.54) is 43.4 Å². The van der Waals surface area contributed by atoms with Gasteiger partial charge in [-0.2, -0.15) is 4.39 Å². The molecule has 1 aliphatic heterocycles. The molecule has 1 unspecified atom stereocenters. The van der Waals surface area contributed by atoms with Gasteiger partial charge in [-0.1, -0.05) is 18.2 Å². The van der Waals surface area contributed by atoms with Crippen molar-refractivity contribution in [1.82, 2.24) is 4.90 Å². The van der Waals surface area contributed by atoms with E-state index in [1.54, 1.807) is 36.4 Å². The predicted molar refractivity (Wildman–Crippen MR) is 152 cm³/mol. The van der Waals surface area contributed by atoms with Crippen LogP contribution in [0.2, 0.25) is 0 Å². The van der Waals surface area contributed by atoms with Crippen molar-refractivity contribution in [2.45, 2.75) is 25.2 Å². The van der Waals surface area contributed by atoms with Gasteiger partial charge in [0, 0.05) is 24.0 Å². The van der Waals surface area contributed by atoms with E-state index in [2.05, 4.69) is 31.3 Å². The fraction of sp³-hybridized carbons (Fsp3) is 0.276. The molecule has 0 bridgehead atoms. The molecule has 1 aliphatic rings. The summed E-state index contributed by atoms with van der Waals surface area (Å²) in [5.74, 6) is -3.64. The van der Waals surface area contributed by atoms with Crippen LogP contribution in [0.15, 0.2) is 71.2 Å². The van der Waals surface area contributed by atoms with Crippen molar-refractivity contribution in [3.05, 3.63) is 82.3 Å². The molecule has 0 radical (unpaired) electrons. The van der Waals surface area contributed by atoms with Crippen LogP contribution >= 0.6 is 15.9 Å². The van der Waals surface area contributed by atoms with Gasteiger partial charge >= 0.3 is 18.0 Å². The number of esters is 1. The van der Waals surface area contributed by atoms with Crippen LogP contribution in [0, 0.1) is 0 Å². The number of nitrogens with zero attached hydrogens (tertiary/aromatic N) is 1. The average molecular weight is 614 g/mol. The Bertz CT molecular complexity index is 1380. The number of carbonyl (C=O) groups excluding carboxylic acids is 3. The van der Waals surface area contributed by atoms with Crippen LogP contribution in [0.25, 0.3) is 0 Å². The average Bonchev–Trinajstić information content (AvgIpc) is 3.51. The van der Waals surface area contributed by atoms with Crippen LogP contribution in [0.5, 0.6) is 11.5 Å². The van der Waals surface area contributed by atoms with Gasteiger partial charge in [0.1, 0.15) is 11.5 Å². The van der Waals surface area contributed by atoms with Gasteiger partial charge in [-0.05, 0) is 82.9 Å². The lowest BCUT2D eigenvalue weighted by Gasteiger charge is -2.33. The fourth-order valence-corrected chi connectivity index (χ4v) is 4.70. The molecule has 1 heterocycles. The molecule has 0 aromatic heterocycles.